The van der Waals surface area contributed by atoms with Gasteiger partial charge in [-0.3, -0.25) is 9.59 Å². The molecule has 158 valence electrons. The zero-order chi connectivity index (χ0) is 20.3. The number of amides is 1. The monoisotopic (exact) mass is 406 g/mol. The smallest absolute Gasteiger partial charge is 0.258 e. The van der Waals surface area contributed by atoms with E-state index < -0.39 is 0 Å². The number of carbonyl (C=O) groups excluding carboxylic acids is 1. The van der Waals surface area contributed by atoms with Gasteiger partial charge in [0.15, 0.2) is 0 Å². The number of benzene rings is 1. The molecule has 0 spiro atoms. The molecule has 1 aromatic heterocycles. The second-order valence-electron chi connectivity index (χ2n) is 10.3. The van der Waals surface area contributed by atoms with Gasteiger partial charge < -0.3 is 14.6 Å². The van der Waals surface area contributed by atoms with E-state index in [1.807, 2.05) is 35.0 Å². The highest BCUT2D eigenvalue weighted by atomic mass is 16.5. The van der Waals surface area contributed by atoms with Gasteiger partial charge >= 0.3 is 0 Å². The fraction of sp³-hybridized carbons (Fsp3) is 0.600. The van der Waals surface area contributed by atoms with Gasteiger partial charge in [0.2, 0.25) is 5.91 Å². The number of pyridine rings is 1. The molecule has 0 radical (unpaired) electrons. The number of nitrogens with one attached hydrogen (secondary N) is 1. The Morgan fingerprint density at radius 1 is 1.07 bits per heavy atom. The number of carbonyl (C=O) groups is 1. The summed E-state index contributed by atoms with van der Waals surface area (Å²) in [7, 11) is 0. The Kier molecular flexibility index (Phi) is 4.31. The van der Waals surface area contributed by atoms with Gasteiger partial charge in [-0.05, 0) is 86.8 Å². The molecule has 30 heavy (non-hydrogen) atoms. The van der Waals surface area contributed by atoms with Crippen LogP contribution < -0.4 is 10.9 Å². The van der Waals surface area contributed by atoms with Gasteiger partial charge in [0.1, 0.15) is 0 Å². The van der Waals surface area contributed by atoms with Gasteiger partial charge in [0, 0.05) is 42.4 Å². The minimum atomic E-state index is -0.159. The van der Waals surface area contributed by atoms with Crippen LogP contribution in [0, 0.1) is 29.1 Å². The Labute approximate surface area is 176 Å². The average Bonchev–Trinajstić information content (AvgIpc) is 3.16. The van der Waals surface area contributed by atoms with Crippen LogP contribution in [0.25, 0.3) is 10.8 Å². The van der Waals surface area contributed by atoms with Gasteiger partial charge in [0.05, 0.1) is 5.41 Å². The Balaban J connectivity index is 1.28. The van der Waals surface area contributed by atoms with E-state index in [1.165, 1.54) is 19.3 Å². The van der Waals surface area contributed by atoms with E-state index in [-0.39, 0.29) is 16.9 Å². The third-order valence-corrected chi connectivity index (χ3v) is 8.50. The molecule has 1 aliphatic heterocycles. The van der Waals surface area contributed by atoms with Crippen molar-refractivity contribution in [3.63, 3.8) is 0 Å². The molecule has 4 aliphatic carbocycles. The topological polar surface area (TPSA) is 60.3 Å². The maximum absolute atomic E-state index is 13.4. The number of nitrogens with zero attached hydrogens (tertiary/aromatic N) is 1. The summed E-state index contributed by atoms with van der Waals surface area (Å²) in [5.41, 5.74) is 0.663. The molecule has 5 aliphatic rings. The zero-order valence-corrected chi connectivity index (χ0v) is 17.4. The van der Waals surface area contributed by atoms with E-state index in [4.69, 9.17) is 4.74 Å². The summed E-state index contributed by atoms with van der Waals surface area (Å²) < 4.78 is 7.28. The van der Waals surface area contributed by atoms with Crippen molar-refractivity contribution in [3.05, 3.63) is 40.8 Å². The highest BCUT2D eigenvalue weighted by Crippen LogP contribution is 2.65. The van der Waals surface area contributed by atoms with Crippen molar-refractivity contribution in [1.29, 1.82) is 0 Å². The molecule has 4 saturated carbocycles. The summed E-state index contributed by atoms with van der Waals surface area (Å²) in [4.78, 5) is 26.6. The zero-order valence-electron chi connectivity index (χ0n) is 17.4. The number of anilines is 1. The predicted molar refractivity (Wildman–Crippen MR) is 116 cm³/mol. The number of hydrogen-bond donors (Lipinski definition) is 1. The molecule has 5 heteroatoms. The summed E-state index contributed by atoms with van der Waals surface area (Å²) in [5.74, 6) is 2.74. The van der Waals surface area contributed by atoms with Gasteiger partial charge in [0.25, 0.3) is 5.56 Å². The van der Waals surface area contributed by atoms with E-state index >= 15 is 0 Å². The minimum Gasteiger partial charge on any atom is -0.381 e. The van der Waals surface area contributed by atoms with Crippen LogP contribution in [0.3, 0.4) is 0 Å². The van der Waals surface area contributed by atoms with Crippen molar-refractivity contribution in [2.75, 3.05) is 18.5 Å². The molecular formula is C25H30N2O3. The first kappa shape index (κ1) is 18.6. The molecule has 2 aromatic rings. The molecule has 1 saturated heterocycles. The first-order valence-electron chi connectivity index (χ1n) is 11.6. The van der Waals surface area contributed by atoms with Crippen LogP contribution in [0.1, 0.15) is 44.9 Å². The highest BCUT2D eigenvalue weighted by molar-refractivity contribution is 6.04. The second kappa shape index (κ2) is 6.94. The SMILES string of the molecule is O=C(Nc1cccc2c(=O)n(CC3CCOCC3)ccc12)[C@]12C[C@@H]3CC1C[C@@H](C3)C2. The molecule has 1 aromatic carbocycles. The van der Waals surface area contributed by atoms with Crippen LogP contribution in [0.4, 0.5) is 5.69 Å². The van der Waals surface area contributed by atoms with Crippen molar-refractivity contribution < 1.29 is 9.53 Å². The third kappa shape index (κ3) is 2.85. The average molecular weight is 407 g/mol. The maximum Gasteiger partial charge on any atom is 0.258 e. The van der Waals surface area contributed by atoms with Gasteiger partial charge in [-0.25, -0.2) is 0 Å². The second-order valence-corrected chi connectivity index (χ2v) is 10.3. The lowest BCUT2D eigenvalue weighted by molar-refractivity contribution is -0.127. The fourth-order valence-corrected chi connectivity index (χ4v) is 7.19. The van der Waals surface area contributed by atoms with Gasteiger partial charge in [-0.15, -0.1) is 0 Å². The Hall–Kier alpha value is -2.14. The molecule has 4 bridgehead atoms. The van der Waals surface area contributed by atoms with E-state index in [1.54, 1.807) is 0 Å². The molecule has 2 heterocycles. The fourth-order valence-electron chi connectivity index (χ4n) is 7.19. The standard InChI is InChI=1S/C25H30N2O3/c28-23-21-2-1-3-22(20(21)4-7-27(23)15-16-5-8-30-9-6-16)26-24(29)25-13-17-10-18(14-25)12-19(25)11-17/h1-4,7,16-19H,5-6,8-15H2,(H,26,29)/t17-,18+,19?,25-. The molecule has 1 N–H and O–H groups in total. The Morgan fingerprint density at radius 2 is 1.83 bits per heavy atom. The number of aromatic nitrogens is 1. The lowest BCUT2D eigenvalue weighted by Gasteiger charge is -2.31. The summed E-state index contributed by atoms with van der Waals surface area (Å²) in [6, 6.07) is 7.73. The third-order valence-electron chi connectivity index (χ3n) is 8.50. The molecule has 4 atom stereocenters. The number of ether oxygens (including phenoxy) is 1. The largest absolute Gasteiger partial charge is 0.381 e. The summed E-state index contributed by atoms with van der Waals surface area (Å²) in [6.45, 7) is 2.31. The summed E-state index contributed by atoms with van der Waals surface area (Å²) >= 11 is 0. The molecule has 1 amide bonds. The maximum atomic E-state index is 13.4. The van der Waals surface area contributed by atoms with Crippen molar-refractivity contribution in [2.24, 2.45) is 29.1 Å². The minimum absolute atomic E-state index is 0.0362. The van der Waals surface area contributed by atoms with Crippen LogP contribution >= 0.6 is 0 Å². The lowest BCUT2D eigenvalue weighted by Crippen LogP contribution is -2.37. The van der Waals surface area contributed by atoms with Crippen molar-refractivity contribution in [2.45, 2.75) is 51.5 Å². The normalized spacial score (nSPS) is 32.7. The summed E-state index contributed by atoms with van der Waals surface area (Å²) in [6.07, 6.45) is 9.82. The van der Waals surface area contributed by atoms with Crippen LogP contribution in [0.5, 0.6) is 0 Å². The predicted octanol–water partition coefficient (Wildman–Crippen LogP) is 4.19. The van der Waals surface area contributed by atoms with Crippen LogP contribution in [0.15, 0.2) is 35.3 Å². The van der Waals surface area contributed by atoms with E-state index in [2.05, 4.69) is 5.32 Å². The molecule has 7 rings (SSSR count). The van der Waals surface area contributed by atoms with Crippen LogP contribution in [-0.4, -0.2) is 23.7 Å². The molecule has 1 unspecified atom stereocenters. The van der Waals surface area contributed by atoms with Crippen LogP contribution in [-0.2, 0) is 16.1 Å². The number of fused-ring (bicyclic) bond motifs is 1. The van der Waals surface area contributed by atoms with Crippen molar-refractivity contribution in [3.8, 4) is 0 Å². The molecule has 5 fully saturated rings. The molecular weight excluding hydrogens is 376 g/mol. The lowest BCUT2D eigenvalue weighted by atomic mass is 9.75. The van der Waals surface area contributed by atoms with Crippen molar-refractivity contribution in [1.82, 2.24) is 4.57 Å². The van der Waals surface area contributed by atoms with E-state index in [0.29, 0.717) is 17.2 Å². The van der Waals surface area contributed by atoms with E-state index in [0.717, 1.165) is 68.4 Å². The van der Waals surface area contributed by atoms with E-state index in [9.17, 15) is 9.59 Å². The Bertz CT molecular complexity index is 1040. The highest BCUT2D eigenvalue weighted by Gasteiger charge is 2.61. The first-order chi connectivity index (χ1) is 14.6. The van der Waals surface area contributed by atoms with Crippen LogP contribution in [0.2, 0.25) is 0 Å². The first-order valence-corrected chi connectivity index (χ1v) is 11.6. The molecule has 5 nitrogen and oxygen atoms in total. The van der Waals surface area contributed by atoms with Gasteiger partial charge in [-0.1, -0.05) is 6.07 Å². The quantitative estimate of drug-likeness (QED) is 0.828. The Morgan fingerprint density at radius 3 is 2.60 bits per heavy atom. The number of rotatable bonds is 4. The van der Waals surface area contributed by atoms with Gasteiger partial charge in [-0.2, -0.15) is 0 Å². The summed E-state index contributed by atoms with van der Waals surface area (Å²) in [5, 5.41) is 4.80. The van der Waals surface area contributed by atoms with Crippen molar-refractivity contribution >= 4 is 22.4 Å². The number of hydrogen-bond acceptors (Lipinski definition) is 3.